The van der Waals surface area contributed by atoms with Crippen LogP contribution in [-0.2, 0) is 0 Å². The molecule has 5 nitrogen and oxygen atoms in total. The van der Waals surface area contributed by atoms with Gasteiger partial charge in [0.05, 0.1) is 18.2 Å². The van der Waals surface area contributed by atoms with Crippen molar-refractivity contribution in [3.05, 3.63) is 136 Å². The molecule has 1 fully saturated rings. The molecule has 7 rings (SSSR count). The van der Waals surface area contributed by atoms with Gasteiger partial charge in [-0.25, -0.2) is 0 Å². The number of methoxy groups -OCH3 is 1. The molecule has 0 amide bonds. The molecule has 1 aliphatic carbocycles. The van der Waals surface area contributed by atoms with Gasteiger partial charge in [-0.3, -0.25) is 14.4 Å². The highest BCUT2D eigenvalue weighted by molar-refractivity contribution is 6.35. The maximum atomic E-state index is 14.7. The van der Waals surface area contributed by atoms with Gasteiger partial charge in [-0.15, -0.1) is 0 Å². The van der Waals surface area contributed by atoms with Gasteiger partial charge in [-0.05, 0) is 41.5 Å². The van der Waals surface area contributed by atoms with Gasteiger partial charge in [0.15, 0.2) is 17.3 Å². The number of halogens is 1. The SMILES string of the molecule is COc1ccc(C2C(C(=O)c3ccccc3Cl)N3c4ccccc4C=CC3C23C(=O)c2ccccc2C3=O)cc1. The molecule has 196 valence electrons. The van der Waals surface area contributed by atoms with Gasteiger partial charge < -0.3 is 9.64 Å². The van der Waals surface area contributed by atoms with E-state index < -0.39 is 23.4 Å². The summed E-state index contributed by atoms with van der Waals surface area (Å²) in [6, 6.07) is 27.4. The molecule has 2 heterocycles. The number of nitrogens with zero attached hydrogens (tertiary/aromatic N) is 1. The quantitative estimate of drug-likeness (QED) is 0.212. The van der Waals surface area contributed by atoms with E-state index in [0.29, 0.717) is 33.0 Å². The normalized spacial score (nSPS) is 21.8. The maximum Gasteiger partial charge on any atom is 0.187 e. The zero-order chi connectivity index (χ0) is 27.6. The summed E-state index contributed by atoms with van der Waals surface area (Å²) in [5.74, 6) is -0.921. The molecule has 3 atom stereocenters. The summed E-state index contributed by atoms with van der Waals surface area (Å²) in [6.07, 6.45) is 3.87. The summed E-state index contributed by atoms with van der Waals surface area (Å²) in [7, 11) is 1.58. The predicted octanol–water partition coefficient (Wildman–Crippen LogP) is 6.66. The monoisotopic (exact) mass is 545 g/mol. The smallest absolute Gasteiger partial charge is 0.187 e. The van der Waals surface area contributed by atoms with Crippen molar-refractivity contribution in [1.82, 2.24) is 0 Å². The van der Waals surface area contributed by atoms with Crippen LogP contribution < -0.4 is 9.64 Å². The first-order valence-corrected chi connectivity index (χ1v) is 13.5. The number of para-hydroxylation sites is 1. The van der Waals surface area contributed by atoms with Gasteiger partial charge in [-0.1, -0.05) is 90.5 Å². The zero-order valence-corrected chi connectivity index (χ0v) is 22.3. The average Bonchev–Trinajstić information content (AvgIpc) is 3.43. The van der Waals surface area contributed by atoms with Crippen molar-refractivity contribution in [2.45, 2.75) is 18.0 Å². The van der Waals surface area contributed by atoms with Crippen LogP contribution >= 0.6 is 11.6 Å². The van der Waals surface area contributed by atoms with E-state index in [1.165, 1.54) is 0 Å². The van der Waals surface area contributed by atoms with Crippen LogP contribution in [0, 0.1) is 5.41 Å². The number of fused-ring (bicyclic) bond motifs is 5. The molecule has 2 aliphatic heterocycles. The number of benzene rings is 4. The van der Waals surface area contributed by atoms with Crippen LogP contribution in [0.5, 0.6) is 5.75 Å². The topological polar surface area (TPSA) is 63.7 Å². The van der Waals surface area contributed by atoms with Crippen LogP contribution in [0.15, 0.2) is 103 Å². The Balaban J connectivity index is 1.55. The Hall–Kier alpha value is -4.48. The van der Waals surface area contributed by atoms with E-state index in [1.807, 2.05) is 53.5 Å². The molecule has 0 aromatic heterocycles. The van der Waals surface area contributed by atoms with Crippen molar-refractivity contribution in [3.63, 3.8) is 0 Å². The average molecular weight is 546 g/mol. The van der Waals surface area contributed by atoms with E-state index >= 15 is 0 Å². The molecule has 4 aromatic carbocycles. The van der Waals surface area contributed by atoms with Crippen LogP contribution in [0.3, 0.4) is 0 Å². The number of ketones is 3. The molecule has 0 N–H and O–H groups in total. The molecular formula is C34H24ClNO4. The van der Waals surface area contributed by atoms with Gasteiger partial charge in [0.25, 0.3) is 0 Å². The Kier molecular flexibility index (Phi) is 5.55. The lowest BCUT2D eigenvalue weighted by molar-refractivity contribution is 0.0666. The number of ether oxygens (including phenoxy) is 1. The molecule has 0 radical (unpaired) electrons. The van der Waals surface area contributed by atoms with Gasteiger partial charge in [0, 0.05) is 28.3 Å². The van der Waals surface area contributed by atoms with Crippen LogP contribution in [0.2, 0.25) is 5.02 Å². The first kappa shape index (κ1) is 24.6. The Labute approximate surface area is 236 Å². The molecule has 1 saturated heterocycles. The summed E-state index contributed by atoms with van der Waals surface area (Å²) in [6.45, 7) is 0. The third kappa shape index (κ3) is 3.18. The number of hydrogen-bond acceptors (Lipinski definition) is 5. The second-order valence-corrected chi connectivity index (χ2v) is 10.8. The van der Waals surface area contributed by atoms with Crippen molar-refractivity contribution < 1.29 is 19.1 Å². The fourth-order valence-corrected chi connectivity index (χ4v) is 7.15. The highest BCUT2D eigenvalue weighted by Gasteiger charge is 2.71. The van der Waals surface area contributed by atoms with E-state index in [-0.39, 0.29) is 17.3 Å². The van der Waals surface area contributed by atoms with Crippen molar-refractivity contribution in [2.75, 3.05) is 12.0 Å². The molecule has 1 spiro atoms. The first-order valence-electron chi connectivity index (χ1n) is 13.2. The third-order valence-corrected chi connectivity index (χ3v) is 8.93. The van der Waals surface area contributed by atoms with Crippen molar-refractivity contribution in [2.24, 2.45) is 5.41 Å². The highest BCUT2D eigenvalue weighted by Crippen LogP contribution is 2.61. The fraction of sp³-hybridized carbons (Fsp3) is 0.147. The molecule has 0 bridgehead atoms. The Morgan fingerprint density at radius 2 is 1.45 bits per heavy atom. The van der Waals surface area contributed by atoms with E-state index in [1.54, 1.807) is 67.8 Å². The number of carbonyl (C=O) groups is 3. The number of carbonyl (C=O) groups excluding carboxylic acids is 3. The summed E-state index contributed by atoms with van der Waals surface area (Å²) >= 11 is 6.58. The molecular weight excluding hydrogens is 522 g/mol. The lowest BCUT2D eigenvalue weighted by Gasteiger charge is -2.37. The molecule has 0 saturated carbocycles. The first-order chi connectivity index (χ1) is 19.5. The van der Waals surface area contributed by atoms with Crippen molar-refractivity contribution >= 4 is 40.7 Å². The van der Waals surface area contributed by atoms with Crippen molar-refractivity contribution in [3.8, 4) is 5.75 Å². The standard InChI is InChI=1S/C34H24ClNO4/c1-40-22-17-14-21(15-18-22)29-30(31(37)25-11-5-6-12-26(25)35)36-27-13-7-2-8-20(27)16-19-28(36)34(29)32(38)23-9-3-4-10-24(23)33(34)39/h2-19,28-30H,1H3. The van der Waals surface area contributed by atoms with Crippen LogP contribution in [0.25, 0.3) is 6.08 Å². The van der Waals surface area contributed by atoms with Gasteiger partial charge >= 0.3 is 0 Å². The maximum absolute atomic E-state index is 14.7. The van der Waals surface area contributed by atoms with Gasteiger partial charge in [0.1, 0.15) is 17.2 Å². The zero-order valence-electron chi connectivity index (χ0n) is 21.6. The summed E-state index contributed by atoms with van der Waals surface area (Å²) < 4.78 is 5.40. The fourth-order valence-electron chi connectivity index (χ4n) is 6.92. The molecule has 3 aliphatic rings. The Bertz CT molecular complexity index is 1710. The molecule has 40 heavy (non-hydrogen) atoms. The van der Waals surface area contributed by atoms with Crippen LogP contribution in [0.1, 0.15) is 48.1 Å². The third-order valence-electron chi connectivity index (χ3n) is 8.60. The second kappa shape index (κ2) is 9.04. The highest BCUT2D eigenvalue weighted by atomic mass is 35.5. The van der Waals surface area contributed by atoms with Gasteiger partial charge in [0.2, 0.25) is 0 Å². The Morgan fingerprint density at radius 1 is 0.825 bits per heavy atom. The number of anilines is 1. The summed E-state index contributed by atoms with van der Waals surface area (Å²) in [5.41, 5.74) is 2.01. The number of hydrogen-bond donors (Lipinski definition) is 0. The lowest BCUT2D eigenvalue weighted by atomic mass is 9.64. The summed E-state index contributed by atoms with van der Waals surface area (Å²) in [5, 5.41) is 0.326. The van der Waals surface area contributed by atoms with E-state index in [2.05, 4.69) is 0 Å². The van der Waals surface area contributed by atoms with Crippen LogP contribution in [0.4, 0.5) is 5.69 Å². The largest absolute Gasteiger partial charge is 0.497 e. The predicted molar refractivity (Wildman–Crippen MR) is 155 cm³/mol. The minimum Gasteiger partial charge on any atom is -0.497 e. The van der Waals surface area contributed by atoms with E-state index in [0.717, 1.165) is 11.3 Å². The number of Topliss-reactive ketones (excluding diaryl/α,β-unsaturated/α-hetero) is 3. The lowest BCUT2D eigenvalue weighted by Crippen LogP contribution is -2.48. The molecule has 3 unspecified atom stereocenters. The summed E-state index contributed by atoms with van der Waals surface area (Å²) in [4.78, 5) is 45.9. The van der Waals surface area contributed by atoms with E-state index in [4.69, 9.17) is 16.3 Å². The van der Waals surface area contributed by atoms with Gasteiger partial charge in [-0.2, -0.15) is 0 Å². The number of rotatable bonds is 4. The minimum absolute atomic E-state index is 0.241. The Morgan fingerprint density at radius 3 is 2.12 bits per heavy atom. The molecule has 6 heteroatoms. The van der Waals surface area contributed by atoms with Crippen LogP contribution in [-0.4, -0.2) is 36.5 Å². The second-order valence-electron chi connectivity index (χ2n) is 10.4. The molecule has 4 aromatic rings. The van der Waals surface area contributed by atoms with Crippen molar-refractivity contribution in [1.29, 1.82) is 0 Å². The minimum atomic E-state index is -1.55. The van der Waals surface area contributed by atoms with E-state index in [9.17, 15) is 14.4 Å².